The molecule has 0 aliphatic carbocycles. The van der Waals surface area contributed by atoms with Gasteiger partial charge in [0.2, 0.25) is 5.88 Å². The lowest BCUT2D eigenvalue weighted by Crippen LogP contribution is -2.35. The number of amides is 1. The van der Waals surface area contributed by atoms with Gasteiger partial charge in [0.25, 0.3) is 5.91 Å². The zero-order valence-electron chi connectivity index (χ0n) is 14.0. The first-order valence-electron chi connectivity index (χ1n) is 8.17. The number of pyridine rings is 1. The molecule has 1 amide bonds. The molecule has 1 aromatic heterocycles. The van der Waals surface area contributed by atoms with Gasteiger partial charge in [-0.1, -0.05) is 0 Å². The number of hydrogen-bond donors (Lipinski definition) is 0. The molecule has 0 fully saturated rings. The number of rotatable bonds is 4. The number of hydrogen-bond acceptors (Lipinski definition) is 4. The number of carbonyl (C=O) groups excluding carboxylic acids is 1. The molecule has 0 saturated heterocycles. The Morgan fingerprint density at radius 3 is 2.85 bits per heavy atom. The number of benzene rings is 1. The Balaban J connectivity index is 1.91. The lowest BCUT2D eigenvalue weighted by molar-refractivity contribution is -0.274. The first kappa shape index (κ1) is 18.0. The van der Waals surface area contributed by atoms with Gasteiger partial charge in [-0.3, -0.25) is 4.79 Å². The highest BCUT2D eigenvalue weighted by molar-refractivity contribution is 6.08. The molecule has 26 heavy (non-hydrogen) atoms. The van der Waals surface area contributed by atoms with Crippen molar-refractivity contribution >= 4 is 11.6 Å². The molecule has 5 nitrogen and oxygen atoms in total. The number of fused-ring (bicyclic) bond motifs is 1. The van der Waals surface area contributed by atoms with E-state index in [1.54, 1.807) is 19.1 Å². The maximum atomic E-state index is 13.0. The second-order valence-corrected chi connectivity index (χ2v) is 5.69. The molecule has 0 radical (unpaired) electrons. The number of nitrogens with zero attached hydrogens (tertiary/aromatic N) is 2. The number of ether oxygens (including phenoxy) is 2. The fourth-order valence-electron chi connectivity index (χ4n) is 2.93. The van der Waals surface area contributed by atoms with Crippen molar-refractivity contribution in [3.8, 4) is 11.6 Å². The summed E-state index contributed by atoms with van der Waals surface area (Å²) >= 11 is 0. The van der Waals surface area contributed by atoms with E-state index < -0.39 is 6.36 Å². The maximum Gasteiger partial charge on any atom is 0.573 e. The first-order valence-corrected chi connectivity index (χ1v) is 8.17. The number of aromatic nitrogens is 1. The Kier molecular flexibility index (Phi) is 5.01. The molecule has 0 unspecified atom stereocenters. The molecule has 1 aliphatic rings. The minimum atomic E-state index is -4.75. The standard InChI is InChI=1S/C18H17F3N2O3/c1-2-25-16-14(6-3-9-22-16)17(24)23-10-4-5-12-11-13(7-8-15(12)23)26-18(19,20)21/h3,6-9,11H,2,4-5,10H2,1H3. The molecule has 1 aliphatic heterocycles. The van der Waals surface area contributed by atoms with Crippen LogP contribution in [-0.2, 0) is 6.42 Å². The van der Waals surface area contributed by atoms with Gasteiger partial charge in [0.1, 0.15) is 11.3 Å². The van der Waals surface area contributed by atoms with Crippen LogP contribution in [0.5, 0.6) is 11.6 Å². The number of alkyl halides is 3. The third kappa shape index (κ3) is 3.89. The second kappa shape index (κ2) is 7.23. The highest BCUT2D eigenvalue weighted by Gasteiger charge is 2.32. The third-order valence-corrected chi connectivity index (χ3v) is 3.93. The summed E-state index contributed by atoms with van der Waals surface area (Å²) in [5, 5.41) is 0. The van der Waals surface area contributed by atoms with Crippen molar-refractivity contribution in [1.82, 2.24) is 4.98 Å². The van der Waals surface area contributed by atoms with E-state index in [9.17, 15) is 18.0 Å². The largest absolute Gasteiger partial charge is 0.573 e. The van der Waals surface area contributed by atoms with E-state index in [-0.39, 0.29) is 17.5 Å². The SMILES string of the molecule is CCOc1ncccc1C(=O)N1CCCc2cc(OC(F)(F)F)ccc21. The van der Waals surface area contributed by atoms with Gasteiger partial charge in [-0.05, 0) is 55.7 Å². The van der Waals surface area contributed by atoms with Crippen molar-refractivity contribution in [2.75, 3.05) is 18.1 Å². The topological polar surface area (TPSA) is 51.7 Å². The Hall–Kier alpha value is -2.77. The molecule has 0 saturated carbocycles. The van der Waals surface area contributed by atoms with Crippen molar-refractivity contribution in [1.29, 1.82) is 0 Å². The van der Waals surface area contributed by atoms with Crippen LogP contribution in [0, 0.1) is 0 Å². The third-order valence-electron chi connectivity index (χ3n) is 3.93. The van der Waals surface area contributed by atoms with Gasteiger partial charge in [0.15, 0.2) is 0 Å². The predicted octanol–water partition coefficient (Wildman–Crippen LogP) is 3.97. The number of halogens is 3. The van der Waals surface area contributed by atoms with Crippen molar-refractivity contribution in [2.45, 2.75) is 26.1 Å². The molecule has 0 atom stereocenters. The number of carbonyl (C=O) groups is 1. The maximum absolute atomic E-state index is 13.0. The molecule has 3 rings (SSSR count). The van der Waals surface area contributed by atoms with Crippen molar-refractivity contribution in [2.24, 2.45) is 0 Å². The Morgan fingerprint density at radius 1 is 1.31 bits per heavy atom. The van der Waals surface area contributed by atoms with Crippen LogP contribution < -0.4 is 14.4 Å². The zero-order valence-corrected chi connectivity index (χ0v) is 14.0. The zero-order chi connectivity index (χ0) is 18.7. The van der Waals surface area contributed by atoms with Gasteiger partial charge in [-0.2, -0.15) is 0 Å². The summed E-state index contributed by atoms with van der Waals surface area (Å²) < 4.78 is 46.6. The van der Waals surface area contributed by atoms with Crippen molar-refractivity contribution in [3.63, 3.8) is 0 Å². The number of aryl methyl sites for hydroxylation is 1. The Bertz CT molecular complexity index is 809. The summed E-state index contributed by atoms with van der Waals surface area (Å²) in [6.45, 7) is 2.62. The van der Waals surface area contributed by atoms with Crippen LogP contribution in [0.25, 0.3) is 0 Å². The smallest absolute Gasteiger partial charge is 0.477 e. The van der Waals surface area contributed by atoms with Gasteiger partial charge in [0.05, 0.1) is 6.61 Å². The molecular weight excluding hydrogens is 349 g/mol. The fraction of sp³-hybridized carbons (Fsp3) is 0.333. The van der Waals surface area contributed by atoms with E-state index in [1.807, 2.05) is 0 Å². The van der Waals surface area contributed by atoms with Crippen LogP contribution in [0.3, 0.4) is 0 Å². The normalized spacial score (nSPS) is 13.9. The van der Waals surface area contributed by atoms with Gasteiger partial charge in [-0.25, -0.2) is 4.98 Å². The van der Waals surface area contributed by atoms with E-state index in [2.05, 4.69) is 9.72 Å². The fourth-order valence-corrected chi connectivity index (χ4v) is 2.93. The van der Waals surface area contributed by atoms with E-state index in [0.29, 0.717) is 42.8 Å². The van der Waals surface area contributed by atoms with E-state index in [4.69, 9.17) is 4.74 Å². The highest BCUT2D eigenvalue weighted by Crippen LogP contribution is 2.34. The van der Waals surface area contributed by atoms with Crippen LogP contribution in [-0.4, -0.2) is 30.4 Å². The van der Waals surface area contributed by atoms with Crippen LogP contribution in [0.1, 0.15) is 29.3 Å². The van der Waals surface area contributed by atoms with E-state index in [0.717, 1.165) is 0 Å². The summed E-state index contributed by atoms with van der Waals surface area (Å²) in [6, 6.07) is 7.28. The molecule has 2 heterocycles. The van der Waals surface area contributed by atoms with Crippen molar-refractivity contribution < 1.29 is 27.4 Å². The Labute approximate surface area is 148 Å². The summed E-state index contributed by atoms with van der Waals surface area (Å²) in [7, 11) is 0. The molecule has 1 aromatic carbocycles. The quantitative estimate of drug-likeness (QED) is 0.822. The Morgan fingerprint density at radius 2 is 2.12 bits per heavy atom. The minimum Gasteiger partial charge on any atom is -0.477 e. The lowest BCUT2D eigenvalue weighted by Gasteiger charge is -2.30. The molecule has 8 heteroatoms. The summed E-state index contributed by atoms with van der Waals surface area (Å²) in [6.07, 6.45) is -2.01. The average molecular weight is 366 g/mol. The van der Waals surface area contributed by atoms with Gasteiger partial charge < -0.3 is 14.4 Å². The second-order valence-electron chi connectivity index (χ2n) is 5.69. The first-order chi connectivity index (χ1) is 12.4. The minimum absolute atomic E-state index is 0.240. The van der Waals surface area contributed by atoms with Gasteiger partial charge in [0, 0.05) is 18.4 Å². The van der Waals surface area contributed by atoms with Crippen molar-refractivity contribution in [3.05, 3.63) is 47.7 Å². The van der Waals surface area contributed by atoms with Crippen LogP contribution in [0.2, 0.25) is 0 Å². The summed E-state index contributed by atoms with van der Waals surface area (Å²) in [5.41, 5.74) is 1.52. The molecule has 0 bridgehead atoms. The van der Waals surface area contributed by atoms with E-state index in [1.165, 1.54) is 29.3 Å². The highest BCUT2D eigenvalue weighted by atomic mass is 19.4. The summed E-state index contributed by atoms with van der Waals surface area (Å²) in [5.74, 6) is -0.349. The predicted molar refractivity (Wildman–Crippen MR) is 88.5 cm³/mol. The lowest BCUT2D eigenvalue weighted by atomic mass is 10.0. The van der Waals surface area contributed by atoms with Crippen LogP contribution in [0.4, 0.5) is 18.9 Å². The molecule has 0 N–H and O–H groups in total. The average Bonchev–Trinajstić information content (AvgIpc) is 2.60. The molecule has 2 aromatic rings. The van der Waals surface area contributed by atoms with Crippen LogP contribution >= 0.6 is 0 Å². The van der Waals surface area contributed by atoms with Crippen LogP contribution in [0.15, 0.2) is 36.5 Å². The van der Waals surface area contributed by atoms with Gasteiger partial charge in [-0.15, -0.1) is 13.2 Å². The monoisotopic (exact) mass is 366 g/mol. The summed E-state index contributed by atoms with van der Waals surface area (Å²) in [4.78, 5) is 18.6. The van der Waals surface area contributed by atoms with Gasteiger partial charge >= 0.3 is 6.36 Å². The molecule has 0 spiro atoms. The number of anilines is 1. The molecular formula is C18H17F3N2O3. The van der Waals surface area contributed by atoms with E-state index >= 15 is 0 Å². The molecule has 138 valence electrons.